The first-order valence-corrected chi connectivity index (χ1v) is 18.8. The maximum atomic E-state index is 12.1. The van der Waals surface area contributed by atoms with E-state index in [0.29, 0.717) is 12.8 Å². The molecule has 0 aromatic heterocycles. The van der Waals surface area contributed by atoms with E-state index < -0.39 is 6.10 Å². The summed E-state index contributed by atoms with van der Waals surface area (Å²) >= 11 is 0. The van der Waals surface area contributed by atoms with Crippen LogP contribution in [0.3, 0.4) is 0 Å². The van der Waals surface area contributed by atoms with Gasteiger partial charge in [0, 0.05) is 12.8 Å². The predicted molar refractivity (Wildman–Crippen MR) is 196 cm³/mol. The number of allylic oxidation sites excluding steroid dienone is 10. The van der Waals surface area contributed by atoms with Crippen molar-refractivity contribution >= 4 is 11.9 Å². The van der Waals surface area contributed by atoms with Crippen LogP contribution in [0.5, 0.6) is 0 Å². The molecule has 0 amide bonds. The van der Waals surface area contributed by atoms with Crippen molar-refractivity contribution in [3.8, 4) is 0 Å². The smallest absolute Gasteiger partial charge is 0.306 e. The van der Waals surface area contributed by atoms with Crippen molar-refractivity contribution in [3.05, 3.63) is 60.8 Å². The maximum absolute atomic E-state index is 12.1. The van der Waals surface area contributed by atoms with E-state index in [1.54, 1.807) is 0 Å². The first-order chi connectivity index (χ1) is 22.6. The van der Waals surface area contributed by atoms with Gasteiger partial charge in [0.15, 0.2) is 6.10 Å². The highest BCUT2D eigenvalue weighted by atomic mass is 16.6. The second-order valence-corrected chi connectivity index (χ2v) is 12.3. The molecule has 264 valence electrons. The zero-order valence-corrected chi connectivity index (χ0v) is 29.8. The zero-order chi connectivity index (χ0) is 33.6. The van der Waals surface area contributed by atoms with Gasteiger partial charge in [-0.2, -0.15) is 0 Å². The van der Waals surface area contributed by atoms with Gasteiger partial charge >= 0.3 is 11.9 Å². The second-order valence-electron chi connectivity index (χ2n) is 12.3. The molecule has 5 nitrogen and oxygen atoms in total. The van der Waals surface area contributed by atoms with Crippen LogP contribution in [-0.2, 0) is 19.1 Å². The van der Waals surface area contributed by atoms with Gasteiger partial charge in [-0.05, 0) is 77.0 Å². The number of carbonyl (C=O) groups is 2. The van der Waals surface area contributed by atoms with Crippen molar-refractivity contribution in [2.24, 2.45) is 0 Å². The third kappa shape index (κ3) is 34.5. The Morgan fingerprint density at radius 1 is 0.500 bits per heavy atom. The molecule has 0 radical (unpaired) electrons. The Kier molecular flexibility index (Phi) is 35.1. The lowest BCUT2D eigenvalue weighted by Crippen LogP contribution is -2.28. The molecule has 0 aliphatic rings. The quantitative estimate of drug-likeness (QED) is 0.0438. The van der Waals surface area contributed by atoms with Gasteiger partial charge in [0.1, 0.15) is 6.61 Å². The Hall–Kier alpha value is -2.40. The highest BCUT2D eigenvalue weighted by Gasteiger charge is 2.15. The highest BCUT2D eigenvalue weighted by molar-refractivity contribution is 5.70. The molecule has 5 heteroatoms. The molecule has 0 bridgehead atoms. The van der Waals surface area contributed by atoms with E-state index in [2.05, 4.69) is 74.6 Å². The fourth-order valence-corrected chi connectivity index (χ4v) is 4.89. The summed E-state index contributed by atoms with van der Waals surface area (Å²) in [5.74, 6) is -0.673. The van der Waals surface area contributed by atoms with E-state index in [-0.39, 0.29) is 31.6 Å². The average molecular weight is 643 g/mol. The summed E-state index contributed by atoms with van der Waals surface area (Å²) in [6.07, 6.45) is 47.1. The number of hydrogen-bond acceptors (Lipinski definition) is 5. The average Bonchev–Trinajstić information content (AvgIpc) is 3.06. The van der Waals surface area contributed by atoms with E-state index in [1.165, 1.54) is 83.5 Å². The summed E-state index contributed by atoms with van der Waals surface area (Å²) in [4.78, 5) is 24.2. The maximum Gasteiger partial charge on any atom is 0.306 e. The van der Waals surface area contributed by atoms with Crippen molar-refractivity contribution in [2.45, 2.75) is 174 Å². The number of rotatable bonds is 33. The Balaban J connectivity index is 3.70. The minimum atomic E-state index is -0.804. The monoisotopic (exact) mass is 643 g/mol. The van der Waals surface area contributed by atoms with Gasteiger partial charge < -0.3 is 14.6 Å². The minimum Gasteiger partial charge on any atom is -0.462 e. The molecule has 46 heavy (non-hydrogen) atoms. The van der Waals surface area contributed by atoms with E-state index in [9.17, 15) is 14.7 Å². The fraction of sp³-hybridized carbons (Fsp3) is 0.707. The third-order valence-electron chi connectivity index (χ3n) is 7.78. The van der Waals surface area contributed by atoms with Gasteiger partial charge in [-0.15, -0.1) is 0 Å². The Labute approximate surface area is 283 Å². The molecule has 0 aliphatic heterocycles. The lowest BCUT2D eigenvalue weighted by molar-refractivity contribution is -0.161. The lowest BCUT2D eigenvalue weighted by Gasteiger charge is -2.15. The molecule has 0 spiro atoms. The van der Waals surface area contributed by atoms with Crippen molar-refractivity contribution < 1.29 is 24.2 Å². The third-order valence-corrected chi connectivity index (χ3v) is 7.78. The predicted octanol–water partition coefficient (Wildman–Crippen LogP) is 11.6. The summed E-state index contributed by atoms with van der Waals surface area (Å²) < 4.78 is 10.5. The van der Waals surface area contributed by atoms with Gasteiger partial charge in [-0.25, -0.2) is 0 Å². The molecule has 0 aromatic rings. The molecule has 1 atom stereocenters. The SMILES string of the molecule is CCCCCC=CCC=CCCCCCCCC(=O)OC[C@H](CO)OC(=O)CCCC=CCC=CCC=CCCCCCCCC. The first-order valence-electron chi connectivity index (χ1n) is 18.8. The Bertz CT molecular complexity index is 823. The van der Waals surface area contributed by atoms with Crippen LogP contribution in [0.15, 0.2) is 60.8 Å². The zero-order valence-electron chi connectivity index (χ0n) is 29.8. The van der Waals surface area contributed by atoms with Gasteiger partial charge in [0.05, 0.1) is 6.61 Å². The van der Waals surface area contributed by atoms with Crippen molar-refractivity contribution in [2.75, 3.05) is 13.2 Å². The molecule has 0 saturated carbocycles. The summed E-state index contributed by atoms with van der Waals surface area (Å²) in [5.41, 5.74) is 0. The van der Waals surface area contributed by atoms with E-state index in [0.717, 1.165) is 51.4 Å². The Morgan fingerprint density at radius 2 is 0.891 bits per heavy atom. The van der Waals surface area contributed by atoms with Gasteiger partial charge in [0.25, 0.3) is 0 Å². The number of aliphatic hydroxyl groups is 1. The van der Waals surface area contributed by atoms with Crippen molar-refractivity contribution in [1.82, 2.24) is 0 Å². The van der Waals surface area contributed by atoms with Crippen LogP contribution in [0.1, 0.15) is 168 Å². The molecule has 0 saturated heterocycles. The lowest BCUT2D eigenvalue weighted by atomic mass is 10.1. The molecule has 0 aromatic carbocycles. The number of carbonyl (C=O) groups excluding carboxylic acids is 2. The second kappa shape index (κ2) is 37.1. The van der Waals surface area contributed by atoms with E-state index in [1.807, 2.05) is 0 Å². The van der Waals surface area contributed by atoms with E-state index >= 15 is 0 Å². The van der Waals surface area contributed by atoms with Crippen LogP contribution in [0.2, 0.25) is 0 Å². The number of unbranched alkanes of at least 4 members (excludes halogenated alkanes) is 15. The number of ether oxygens (including phenoxy) is 2. The molecule has 1 N–H and O–H groups in total. The largest absolute Gasteiger partial charge is 0.462 e. The van der Waals surface area contributed by atoms with Crippen molar-refractivity contribution in [3.63, 3.8) is 0 Å². The van der Waals surface area contributed by atoms with Crippen LogP contribution in [0, 0.1) is 0 Å². The molecular weight excluding hydrogens is 572 g/mol. The Morgan fingerprint density at radius 3 is 1.41 bits per heavy atom. The van der Waals surface area contributed by atoms with Crippen LogP contribution in [0.25, 0.3) is 0 Å². The normalized spacial score (nSPS) is 12.8. The van der Waals surface area contributed by atoms with Gasteiger partial charge in [0.2, 0.25) is 0 Å². The molecule has 0 unspecified atom stereocenters. The van der Waals surface area contributed by atoms with Gasteiger partial charge in [-0.1, -0.05) is 139 Å². The molecule has 0 heterocycles. The number of aliphatic hydroxyl groups excluding tert-OH is 1. The summed E-state index contributed by atoms with van der Waals surface area (Å²) in [7, 11) is 0. The standard InChI is InChI=1S/C41H70O5/c1-3-5-7-9-11-13-15-17-19-20-22-24-26-28-30-32-34-36-41(44)46-39(37-42)38-45-40(43)35-33-31-29-27-25-23-21-18-16-14-12-10-8-6-4-2/h12,14,17-19,21-22,24,28,30,39,42H,3-11,13,15-16,20,23,25-27,29,31-38H2,1-2H3/t39-/m0/s1. The molecular formula is C41H70O5. The molecule has 0 rings (SSSR count). The fourth-order valence-electron chi connectivity index (χ4n) is 4.89. The summed E-state index contributed by atoms with van der Waals surface area (Å²) in [6.45, 7) is 4.03. The summed E-state index contributed by atoms with van der Waals surface area (Å²) in [6, 6.07) is 0. The number of hydrogen-bond donors (Lipinski definition) is 1. The molecule has 0 fully saturated rings. The summed E-state index contributed by atoms with van der Waals surface area (Å²) in [5, 5.41) is 9.53. The van der Waals surface area contributed by atoms with Crippen LogP contribution < -0.4 is 0 Å². The first kappa shape index (κ1) is 43.6. The van der Waals surface area contributed by atoms with E-state index in [4.69, 9.17) is 9.47 Å². The highest BCUT2D eigenvalue weighted by Crippen LogP contribution is 2.10. The van der Waals surface area contributed by atoms with Crippen LogP contribution in [0.4, 0.5) is 0 Å². The van der Waals surface area contributed by atoms with Crippen LogP contribution >= 0.6 is 0 Å². The number of esters is 2. The molecule has 0 aliphatic carbocycles. The topological polar surface area (TPSA) is 72.8 Å². The van der Waals surface area contributed by atoms with Gasteiger partial charge in [-0.3, -0.25) is 9.59 Å². The van der Waals surface area contributed by atoms with Crippen molar-refractivity contribution in [1.29, 1.82) is 0 Å². The minimum absolute atomic E-state index is 0.0954. The van der Waals surface area contributed by atoms with Crippen LogP contribution in [-0.4, -0.2) is 36.4 Å².